The normalized spacial score (nSPS) is 24.5. The van der Waals surface area contributed by atoms with Gasteiger partial charge in [0.05, 0.1) is 6.10 Å². The van der Waals surface area contributed by atoms with Crippen molar-refractivity contribution in [3.8, 4) is 5.75 Å². The van der Waals surface area contributed by atoms with Crippen LogP contribution in [0.15, 0.2) is 24.3 Å². The summed E-state index contributed by atoms with van der Waals surface area (Å²) in [7, 11) is 1.73. The lowest BCUT2D eigenvalue weighted by Crippen LogP contribution is -2.44. The lowest BCUT2D eigenvalue weighted by molar-refractivity contribution is -0.134. The van der Waals surface area contributed by atoms with Gasteiger partial charge < -0.3 is 19.3 Å². The SMILES string of the molecule is CO[C@H]1C[C@@H](CN2CCCC2)N(C(=O)COc2cccc(C)c2)C1. The molecule has 3 rings (SSSR count). The molecule has 2 aliphatic rings. The first-order chi connectivity index (χ1) is 11.7. The van der Waals surface area contributed by atoms with Crippen molar-refractivity contribution < 1.29 is 14.3 Å². The largest absolute Gasteiger partial charge is 0.484 e. The number of nitrogens with zero attached hydrogens (tertiary/aromatic N) is 2. The Morgan fingerprint density at radius 2 is 2.08 bits per heavy atom. The van der Waals surface area contributed by atoms with E-state index in [0.29, 0.717) is 6.54 Å². The van der Waals surface area contributed by atoms with Crippen LogP contribution in [0.2, 0.25) is 0 Å². The van der Waals surface area contributed by atoms with E-state index in [1.807, 2.05) is 36.1 Å². The summed E-state index contributed by atoms with van der Waals surface area (Å²) in [5.41, 5.74) is 1.13. The summed E-state index contributed by atoms with van der Waals surface area (Å²) >= 11 is 0. The smallest absolute Gasteiger partial charge is 0.260 e. The van der Waals surface area contributed by atoms with Crippen molar-refractivity contribution in [2.75, 3.05) is 39.9 Å². The summed E-state index contributed by atoms with van der Waals surface area (Å²) in [5, 5.41) is 0. The van der Waals surface area contributed by atoms with Crippen molar-refractivity contribution in [3.63, 3.8) is 0 Å². The number of rotatable bonds is 6. The standard InChI is InChI=1S/C19H28N2O3/c1-15-6-5-7-17(10-15)24-14-19(22)21-13-18(23-2)11-16(21)12-20-8-3-4-9-20/h5-7,10,16,18H,3-4,8-9,11-14H2,1-2H3/t16-,18-/m0/s1. The van der Waals surface area contributed by atoms with Crippen molar-refractivity contribution >= 4 is 5.91 Å². The first-order valence-corrected chi connectivity index (χ1v) is 8.90. The maximum Gasteiger partial charge on any atom is 0.260 e. The molecule has 2 aliphatic heterocycles. The molecule has 0 N–H and O–H groups in total. The maximum atomic E-state index is 12.7. The van der Waals surface area contributed by atoms with Crippen molar-refractivity contribution in [1.29, 1.82) is 0 Å². The molecule has 0 bridgehead atoms. The van der Waals surface area contributed by atoms with Gasteiger partial charge in [-0.25, -0.2) is 0 Å². The molecular weight excluding hydrogens is 304 g/mol. The number of hydrogen-bond donors (Lipinski definition) is 0. The third-order valence-corrected chi connectivity index (χ3v) is 5.05. The van der Waals surface area contributed by atoms with Crippen molar-refractivity contribution in [2.24, 2.45) is 0 Å². The van der Waals surface area contributed by atoms with E-state index < -0.39 is 0 Å². The monoisotopic (exact) mass is 332 g/mol. The van der Waals surface area contributed by atoms with Crippen LogP contribution in [0.5, 0.6) is 5.75 Å². The second-order valence-electron chi connectivity index (χ2n) is 6.91. The molecule has 0 aromatic heterocycles. The zero-order valence-corrected chi connectivity index (χ0v) is 14.7. The molecule has 2 heterocycles. The Hall–Kier alpha value is -1.59. The highest BCUT2D eigenvalue weighted by atomic mass is 16.5. The predicted octanol–water partition coefficient (Wildman–Crippen LogP) is 2.09. The molecule has 0 saturated carbocycles. The molecule has 5 heteroatoms. The number of aryl methyl sites for hydroxylation is 1. The number of carbonyl (C=O) groups excluding carboxylic acids is 1. The molecule has 132 valence electrons. The summed E-state index contributed by atoms with van der Waals surface area (Å²) < 4.78 is 11.2. The van der Waals surface area contributed by atoms with E-state index in [4.69, 9.17) is 9.47 Å². The Labute approximate surface area is 144 Å². The third-order valence-electron chi connectivity index (χ3n) is 5.05. The minimum Gasteiger partial charge on any atom is -0.484 e. The van der Waals surface area contributed by atoms with Crippen LogP contribution in [0, 0.1) is 6.92 Å². The minimum atomic E-state index is 0.0558. The number of likely N-dealkylation sites (tertiary alicyclic amines) is 2. The Morgan fingerprint density at radius 1 is 1.29 bits per heavy atom. The molecule has 5 nitrogen and oxygen atoms in total. The van der Waals surface area contributed by atoms with E-state index >= 15 is 0 Å². The van der Waals surface area contributed by atoms with Gasteiger partial charge in [0.25, 0.3) is 5.91 Å². The van der Waals surface area contributed by atoms with Crippen LogP contribution < -0.4 is 4.74 Å². The fraction of sp³-hybridized carbons (Fsp3) is 0.632. The van der Waals surface area contributed by atoms with Crippen LogP contribution in [-0.2, 0) is 9.53 Å². The number of amides is 1. The molecule has 0 unspecified atom stereocenters. The van der Waals surface area contributed by atoms with Crippen molar-refractivity contribution in [1.82, 2.24) is 9.80 Å². The van der Waals surface area contributed by atoms with Gasteiger partial charge in [0, 0.05) is 26.2 Å². The van der Waals surface area contributed by atoms with Gasteiger partial charge in [0.15, 0.2) is 6.61 Å². The van der Waals surface area contributed by atoms with Gasteiger partial charge >= 0.3 is 0 Å². The molecule has 0 radical (unpaired) electrons. The summed E-state index contributed by atoms with van der Waals surface area (Å²) in [6.45, 7) is 6.04. The average molecular weight is 332 g/mol. The minimum absolute atomic E-state index is 0.0558. The first kappa shape index (κ1) is 17.2. The number of benzene rings is 1. The Morgan fingerprint density at radius 3 is 2.79 bits per heavy atom. The molecule has 2 saturated heterocycles. The molecule has 1 amide bonds. The molecule has 24 heavy (non-hydrogen) atoms. The van der Waals surface area contributed by atoms with Crippen LogP contribution in [0.1, 0.15) is 24.8 Å². The van der Waals surface area contributed by atoms with Gasteiger partial charge in [-0.05, 0) is 57.0 Å². The molecule has 1 aromatic carbocycles. The molecule has 0 aliphatic carbocycles. The van der Waals surface area contributed by atoms with Gasteiger partial charge in [-0.3, -0.25) is 4.79 Å². The Kier molecular flexibility index (Phi) is 5.74. The number of carbonyl (C=O) groups is 1. The highest BCUT2D eigenvalue weighted by Gasteiger charge is 2.36. The fourth-order valence-electron chi connectivity index (χ4n) is 3.72. The average Bonchev–Trinajstić information content (AvgIpc) is 3.23. The Bertz CT molecular complexity index is 557. The van der Waals surface area contributed by atoms with Gasteiger partial charge in [-0.2, -0.15) is 0 Å². The second-order valence-corrected chi connectivity index (χ2v) is 6.91. The highest BCUT2D eigenvalue weighted by Crippen LogP contribution is 2.23. The van der Waals surface area contributed by atoms with Crippen LogP contribution in [0.25, 0.3) is 0 Å². The lowest BCUT2D eigenvalue weighted by Gasteiger charge is -2.28. The van der Waals surface area contributed by atoms with E-state index in [9.17, 15) is 4.79 Å². The summed E-state index contributed by atoms with van der Waals surface area (Å²) in [6, 6.07) is 8.05. The van der Waals surface area contributed by atoms with E-state index in [2.05, 4.69) is 4.90 Å². The Balaban J connectivity index is 1.57. The number of ether oxygens (including phenoxy) is 2. The van der Waals surface area contributed by atoms with Gasteiger partial charge in [0.2, 0.25) is 0 Å². The van der Waals surface area contributed by atoms with Gasteiger partial charge in [-0.1, -0.05) is 12.1 Å². The van der Waals surface area contributed by atoms with E-state index in [-0.39, 0.29) is 24.7 Å². The molecule has 2 fully saturated rings. The van der Waals surface area contributed by atoms with Gasteiger partial charge in [-0.15, -0.1) is 0 Å². The quantitative estimate of drug-likeness (QED) is 0.800. The number of methoxy groups -OCH3 is 1. The topological polar surface area (TPSA) is 42.0 Å². The lowest BCUT2D eigenvalue weighted by atomic mass is 10.2. The van der Waals surface area contributed by atoms with E-state index in [1.165, 1.54) is 12.8 Å². The van der Waals surface area contributed by atoms with Crippen molar-refractivity contribution in [2.45, 2.75) is 38.3 Å². The zero-order valence-electron chi connectivity index (χ0n) is 14.7. The summed E-state index contributed by atoms with van der Waals surface area (Å²) in [6.07, 6.45) is 3.60. The predicted molar refractivity (Wildman–Crippen MR) is 93.3 cm³/mol. The van der Waals surface area contributed by atoms with Gasteiger partial charge in [0.1, 0.15) is 5.75 Å². The van der Waals surface area contributed by atoms with Crippen molar-refractivity contribution in [3.05, 3.63) is 29.8 Å². The van der Waals surface area contributed by atoms with Crippen LogP contribution in [-0.4, -0.2) is 67.7 Å². The van der Waals surface area contributed by atoms with Crippen LogP contribution >= 0.6 is 0 Å². The molecule has 2 atom stereocenters. The molecule has 0 spiro atoms. The highest BCUT2D eigenvalue weighted by molar-refractivity contribution is 5.78. The zero-order chi connectivity index (χ0) is 16.9. The van der Waals surface area contributed by atoms with Crippen LogP contribution in [0.4, 0.5) is 0 Å². The first-order valence-electron chi connectivity index (χ1n) is 8.90. The summed E-state index contributed by atoms with van der Waals surface area (Å²) in [5.74, 6) is 0.808. The molecular formula is C19H28N2O3. The van der Waals surface area contributed by atoms with Crippen LogP contribution in [0.3, 0.4) is 0 Å². The number of hydrogen-bond acceptors (Lipinski definition) is 4. The summed E-state index contributed by atoms with van der Waals surface area (Å²) in [4.78, 5) is 17.1. The molecule has 1 aromatic rings. The third kappa shape index (κ3) is 4.28. The second kappa shape index (κ2) is 7.99. The van der Waals surface area contributed by atoms with E-state index in [1.54, 1.807) is 7.11 Å². The van der Waals surface area contributed by atoms with E-state index in [0.717, 1.165) is 37.4 Å². The maximum absolute atomic E-state index is 12.7. The fourth-order valence-corrected chi connectivity index (χ4v) is 3.72.